The summed E-state index contributed by atoms with van der Waals surface area (Å²) in [7, 11) is 0. The topological polar surface area (TPSA) is 77.3 Å². The van der Waals surface area contributed by atoms with E-state index in [4.69, 9.17) is 29.9 Å². The number of benzene rings is 6. The minimum atomic E-state index is 0.598. The van der Waals surface area contributed by atoms with Crippen LogP contribution in [0.4, 0.5) is 0 Å². The summed E-state index contributed by atoms with van der Waals surface area (Å²) in [5, 5.41) is 3.36. The lowest BCUT2D eigenvalue weighted by Gasteiger charge is -2.10. The molecule has 0 aliphatic heterocycles. The van der Waals surface area contributed by atoms with Gasteiger partial charge < -0.3 is 0 Å². The van der Waals surface area contributed by atoms with E-state index in [9.17, 15) is 0 Å². The highest BCUT2D eigenvalue weighted by atomic mass is 32.1. The lowest BCUT2D eigenvalue weighted by molar-refractivity contribution is 1.07. The largest absolute Gasteiger partial charge is 0.245 e. The van der Waals surface area contributed by atoms with Gasteiger partial charge in [0.15, 0.2) is 23.3 Å². The van der Waals surface area contributed by atoms with E-state index in [0.29, 0.717) is 23.3 Å². The van der Waals surface area contributed by atoms with Crippen LogP contribution in [-0.4, -0.2) is 29.9 Å². The molecule has 0 fully saturated rings. The van der Waals surface area contributed by atoms with Crippen molar-refractivity contribution in [2.75, 3.05) is 0 Å². The Morgan fingerprint density at radius 2 is 0.849 bits per heavy atom. The lowest BCUT2D eigenvalue weighted by atomic mass is 10.0. The van der Waals surface area contributed by atoms with Crippen molar-refractivity contribution in [1.82, 2.24) is 29.9 Å². The van der Waals surface area contributed by atoms with E-state index in [1.165, 1.54) is 5.39 Å². The van der Waals surface area contributed by atoms with Crippen LogP contribution in [0.25, 0.3) is 99.1 Å². The molecular formula is C46H28N6S. The summed E-state index contributed by atoms with van der Waals surface area (Å²) in [6, 6.07) is 55.7. The van der Waals surface area contributed by atoms with E-state index in [1.807, 2.05) is 85.1 Å². The average Bonchev–Trinajstić information content (AvgIpc) is 3.62. The standard InChI is InChI=1S/C46H28N6S/c1-4-12-29(13-5-1)37-27-38-40-41(53-46(38)47-28-37)39(36-25-20-30-14-10-11-19-35(30)26-36)48-42(49-40)33-21-23-34(24-22-33)45-51-43(31-15-6-2-7-16-31)50-44(52-45)32-17-8-3-9-18-32/h1-28H. The molecule has 0 amide bonds. The zero-order valence-corrected chi connectivity index (χ0v) is 29.1. The molecule has 10 rings (SSSR count). The molecule has 0 atom stereocenters. The van der Waals surface area contributed by atoms with Crippen LogP contribution in [0.5, 0.6) is 0 Å². The minimum Gasteiger partial charge on any atom is -0.245 e. The quantitative estimate of drug-likeness (QED) is 0.172. The van der Waals surface area contributed by atoms with E-state index in [1.54, 1.807) is 11.3 Å². The van der Waals surface area contributed by atoms with Crippen molar-refractivity contribution in [3.8, 4) is 67.9 Å². The van der Waals surface area contributed by atoms with Crippen LogP contribution in [0.15, 0.2) is 170 Å². The van der Waals surface area contributed by atoms with Crippen LogP contribution in [-0.2, 0) is 0 Å². The van der Waals surface area contributed by atoms with Crippen molar-refractivity contribution in [3.63, 3.8) is 0 Å². The highest BCUT2D eigenvalue weighted by Crippen LogP contribution is 2.40. The Bertz CT molecular complexity index is 2870. The maximum Gasteiger partial charge on any atom is 0.164 e. The van der Waals surface area contributed by atoms with Gasteiger partial charge in [-0.25, -0.2) is 29.9 Å². The fourth-order valence-corrected chi connectivity index (χ4v) is 7.76. The first-order chi connectivity index (χ1) is 26.2. The molecule has 248 valence electrons. The number of thiophene rings is 1. The highest BCUT2D eigenvalue weighted by Gasteiger charge is 2.19. The van der Waals surface area contributed by atoms with Crippen LogP contribution in [0.2, 0.25) is 0 Å². The normalized spacial score (nSPS) is 11.4. The van der Waals surface area contributed by atoms with Gasteiger partial charge in [0, 0.05) is 45.0 Å². The predicted molar refractivity (Wildman–Crippen MR) is 216 cm³/mol. The summed E-state index contributed by atoms with van der Waals surface area (Å²) >= 11 is 1.64. The van der Waals surface area contributed by atoms with Crippen LogP contribution in [0, 0.1) is 0 Å². The van der Waals surface area contributed by atoms with Crippen LogP contribution < -0.4 is 0 Å². The van der Waals surface area contributed by atoms with Gasteiger partial charge in [0.05, 0.1) is 15.9 Å². The Balaban J connectivity index is 1.12. The van der Waals surface area contributed by atoms with E-state index in [2.05, 4.69) is 84.9 Å². The van der Waals surface area contributed by atoms with Crippen LogP contribution in [0.1, 0.15) is 0 Å². The third-order valence-electron chi connectivity index (χ3n) is 9.40. The summed E-state index contributed by atoms with van der Waals surface area (Å²) < 4.78 is 1.01. The molecule has 0 saturated carbocycles. The molecule has 53 heavy (non-hydrogen) atoms. The highest BCUT2D eigenvalue weighted by molar-refractivity contribution is 7.25. The van der Waals surface area contributed by atoms with Crippen molar-refractivity contribution >= 4 is 42.5 Å². The molecule has 0 aliphatic rings. The van der Waals surface area contributed by atoms with Gasteiger partial charge in [-0.3, -0.25) is 0 Å². The molecule has 0 radical (unpaired) electrons. The molecule has 0 N–H and O–H groups in total. The second-order valence-electron chi connectivity index (χ2n) is 12.8. The molecule has 0 bridgehead atoms. The van der Waals surface area contributed by atoms with E-state index in [-0.39, 0.29) is 0 Å². The Hall–Kier alpha value is -6.96. The Labute approximate surface area is 309 Å². The molecule has 0 aliphatic carbocycles. The second-order valence-corrected chi connectivity index (χ2v) is 13.8. The molecule has 7 heteroatoms. The Morgan fingerprint density at radius 1 is 0.358 bits per heavy atom. The van der Waals surface area contributed by atoms with E-state index >= 15 is 0 Å². The van der Waals surface area contributed by atoms with Crippen molar-refractivity contribution < 1.29 is 0 Å². The predicted octanol–water partition coefficient (Wildman–Crippen LogP) is 11.6. The summed E-state index contributed by atoms with van der Waals surface area (Å²) in [5.74, 6) is 2.49. The molecule has 0 spiro atoms. The maximum absolute atomic E-state index is 5.26. The molecule has 6 nitrogen and oxygen atoms in total. The Morgan fingerprint density at radius 3 is 1.45 bits per heavy atom. The smallest absolute Gasteiger partial charge is 0.164 e. The SMILES string of the molecule is c1ccc(-c2cnc3sc4c(-c5ccc6ccccc6c5)nc(-c5ccc(-c6nc(-c7ccccc7)nc(-c7ccccc7)n6)cc5)nc4c3c2)cc1. The van der Waals surface area contributed by atoms with Crippen LogP contribution >= 0.6 is 11.3 Å². The molecule has 6 aromatic carbocycles. The van der Waals surface area contributed by atoms with Gasteiger partial charge in [0.25, 0.3) is 0 Å². The molecule has 0 saturated heterocycles. The summed E-state index contributed by atoms with van der Waals surface area (Å²) in [4.78, 5) is 31.1. The minimum absolute atomic E-state index is 0.598. The van der Waals surface area contributed by atoms with Gasteiger partial charge in [-0.1, -0.05) is 152 Å². The van der Waals surface area contributed by atoms with E-state index < -0.39 is 0 Å². The molecule has 10 aromatic rings. The zero-order valence-electron chi connectivity index (χ0n) is 28.3. The zero-order chi connectivity index (χ0) is 35.1. The first-order valence-electron chi connectivity index (χ1n) is 17.4. The summed E-state index contributed by atoms with van der Waals surface area (Å²) in [6.07, 6.45) is 1.95. The van der Waals surface area contributed by atoms with Crippen molar-refractivity contribution in [2.45, 2.75) is 0 Å². The average molecular weight is 697 g/mol. The number of fused-ring (bicyclic) bond motifs is 4. The second kappa shape index (κ2) is 13.0. The lowest BCUT2D eigenvalue weighted by Crippen LogP contribution is -2.00. The number of hydrogen-bond donors (Lipinski definition) is 0. The number of nitrogens with zero attached hydrogens (tertiary/aromatic N) is 6. The number of rotatable bonds is 6. The van der Waals surface area contributed by atoms with Crippen molar-refractivity contribution in [1.29, 1.82) is 0 Å². The first kappa shape index (κ1) is 30.8. The third-order valence-corrected chi connectivity index (χ3v) is 10.5. The fraction of sp³-hybridized carbons (Fsp3) is 0. The molecule has 4 heterocycles. The number of aromatic nitrogens is 6. The monoisotopic (exact) mass is 696 g/mol. The fourth-order valence-electron chi connectivity index (χ4n) is 6.69. The van der Waals surface area contributed by atoms with Crippen molar-refractivity contribution in [2.24, 2.45) is 0 Å². The third kappa shape index (κ3) is 5.79. The Kier molecular flexibility index (Phi) is 7.55. The first-order valence-corrected chi connectivity index (χ1v) is 18.2. The van der Waals surface area contributed by atoms with Crippen molar-refractivity contribution in [3.05, 3.63) is 170 Å². The van der Waals surface area contributed by atoms with Gasteiger partial charge in [-0.15, -0.1) is 11.3 Å². The summed E-state index contributed by atoms with van der Waals surface area (Å²) in [5.41, 5.74) is 8.62. The number of pyridine rings is 1. The van der Waals surface area contributed by atoms with Gasteiger partial charge >= 0.3 is 0 Å². The maximum atomic E-state index is 5.26. The van der Waals surface area contributed by atoms with E-state index in [0.717, 1.165) is 70.5 Å². The molecular weight excluding hydrogens is 669 g/mol. The van der Waals surface area contributed by atoms with Gasteiger partial charge in [-0.05, 0) is 28.5 Å². The van der Waals surface area contributed by atoms with Gasteiger partial charge in [-0.2, -0.15) is 0 Å². The van der Waals surface area contributed by atoms with Gasteiger partial charge in [0.2, 0.25) is 0 Å². The van der Waals surface area contributed by atoms with Crippen LogP contribution in [0.3, 0.4) is 0 Å². The number of hydrogen-bond acceptors (Lipinski definition) is 7. The summed E-state index contributed by atoms with van der Waals surface area (Å²) in [6.45, 7) is 0. The molecule has 4 aromatic heterocycles. The molecule has 0 unspecified atom stereocenters. The van der Waals surface area contributed by atoms with Gasteiger partial charge in [0.1, 0.15) is 4.83 Å².